The van der Waals surface area contributed by atoms with Crippen molar-refractivity contribution in [2.45, 2.75) is 12.8 Å². The number of rotatable bonds is 3. The average molecular weight is 217 g/mol. The summed E-state index contributed by atoms with van der Waals surface area (Å²) in [5.41, 5.74) is 7.76. The molecule has 0 amide bonds. The number of hydrogen-bond acceptors (Lipinski definition) is 3. The fourth-order valence-electron chi connectivity index (χ4n) is 1.67. The van der Waals surface area contributed by atoms with E-state index in [0.29, 0.717) is 5.82 Å². The summed E-state index contributed by atoms with van der Waals surface area (Å²) in [7, 11) is 1.66. The number of nitrogen functional groups attached to an aromatic ring is 1. The molecule has 4 heteroatoms. The van der Waals surface area contributed by atoms with Crippen molar-refractivity contribution in [3.05, 3.63) is 41.6 Å². The van der Waals surface area contributed by atoms with Crippen LogP contribution in [-0.2, 0) is 0 Å². The van der Waals surface area contributed by atoms with Gasteiger partial charge in [0.15, 0.2) is 0 Å². The maximum absolute atomic E-state index is 5.58. The fourth-order valence-corrected chi connectivity index (χ4v) is 1.67. The lowest BCUT2D eigenvalue weighted by atomic mass is 9.98. The Morgan fingerprint density at radius 1 is 1.38 bits per heavy atom. The van der Waals surface area contributed by atoms with E-state index in [9.17, 15) is 0 Å². The molecule has 0 saturated carbocycles. The number of nitrogens with two attached hydrogens (primary N) is 1. The third kappa shape index (κ3) is 2.00. The lowest BCUT2D eigenvalue weighted by Crippen LogP contribution is -1.97. The quantitative estimate of drug-likeness (QED) is 0.828. The summed E-state index contributed by atoms with van der Waals surface area (Å²) in [6.45, 7) is 2.10. The summed E-state index contributed by atoms with van der Waals surface area (Å²) in [5, 5.41) is 6.85. The van der Waals surface area contributed by atoms with E-state index in [2.05, 4.69) is 23.2 Å². The van der Waals surface area contributed by atoms with E-state index in [1.165, 1.54) is 5.56 Å². The number of anilines is 1. The van der Waals surface area contributed by atoms with Crippen molar-refractivity contribution in [2.24, 2.45) is 0 Å². The molecule has 2 aromatic rings. The van der Waals surface area contributed by atoms with Gasteiger partial charge in [-0.1, -0.05) is 19.1 Å². The summed E-state index contributed by atoms with van der Waals surface area (Å²) in [4.78, 5) is 0. The molecule has 0 bridgehead atoms. The van der Waals surface area contributed by atoms with Crippen molar-refractivity contribution in [3.8, 4) is 5.75 Å². The van der Waals surface area contributed by atoms with Crippen molar-refractivity contribution in [1.29, 1.82) is 0 Å². The Morgan fingerprint density at radius 2 is 2.19 bits per heavy atom. The maximum Gasteiger partial charge on any atom is 0.145 e. The summed E-state index contributed by atoms with van der Waals surface area (Å²) < 4.78 is 5.20. The van der Waals surface area contributed by atoms with Crippen molar-refractivity contribution in [3.63, 3.8) is 0 Å². The molecule has 3 N–H and O–H groups in total. The van der Waals surface area contributed by atoms with Gasteiger partial charge >= 0.3 is 0 Å². The third-order valence-electron chi connectivity index (χ3n) is 2.68. The van der Waals surface area contributed by atoms with E-state index < -0.39 is 0 Å². The lowest BCUT2D eigenvalue weighted by Gasteiger charge is -2.10. The van der Waals surface area contributed by atoms with Crippen LogP contribution in [0.5, 0.6) is 5.75 Å². The minimum absolute atomic E-state index is 0.222. The Morgan fingerprint density at radius 3 is 2.81 bits per heavy atom. The first-order valence-electron chi connectivity index (χ1n) is 5.15. The zero-order valence-electron chi connectivity index (χ0n) is 9.40. The van der Waals surface area contributed by atoms with Crippen molar-refractivity contribution >= 4 is 5.82 Å². The third-order valence-corrected chi connectivity index (χ3v) is 2.68. The van der Waals surface area contributed by atoms with E-state index in [1.54, 1.807) is 7.11 Å². The van der Waals surface area contributed by atoms with Gasteiger partial charge in [0.2, 0.25) is 0 Å². The van der Waals surface area contributed by atoms with E-state index in [4.69, 9.17) is 10.5 Å². The predicted octanol–water partition coefficient (Wildman–Crippen LogP) is 2.15. The average Bonchev–Trinajstić information content (AvgIpc) is 2.75. The molecule has 0 fully saturated rings. The van der Waals surface area contributed by atoms with Crippen LogP contribution in [0.4, 0.5) is 5.82 Å². The van der Waals surface area contributed by atoms with Crippen LogP contribution < -0.4 is 10.5 Å². The molecular formula is C12H15N3O. The Hall–Kier alpha value is -1.97. The van der Waals surface area contributed by atoms with Gasteiger partial charge in [0.25, 0.3) is 0 Å². The Kier molecular flexibility index (Phi) is 2.81. The molecule has 0 aliphatic carbocycles. The number of nitrogens with zero attached hydrogens (tertiary/aromatic N) is 1. The molecule has 4 nitrogen and oxygen atoms in total. The number of nitrogens with one attached hydrogen (secondary N) is 1. The van der Waals surface area contributed by atoms with Crippen molar-refractivity contribution < 1.29 is 4.74 Å². The van der Waals surface area contributed by atoms with Gasteiger partial charge in [-0.25, -0.2) is 0 Å². The first-order valence-corrected chi connectivity index (χ1v) is 5.15. The van der Waals surface area contributed by atoms with Crippen LogP contribution in [0.15, 0.2) is 30.3 Å². The smallest absolute Gasteiger partial charge is 0.145 e. The van der Waals surface area contributed by atoms with Crippen LogP contribution in [0.2, 0.25) is 0 Å². The van der Waals surface area contributed by atoms with Gasteiger partial charge in [0.05, 0.1) is 7.11 Å². The number of ether oxygens (including phenoxy) is 1. The number of benzene rings is 1. The van der Waals surface area contributed by atoms with Gasteiger partial charge in [-0.15, -0.1) is 0 Å². The fraction of sp³-hybridized carbons (Fsp3) is 0.250. The van der Waals surface area contributed by atoms with E-state index >= 15 is 0 Å². The highest BCUT2D eigenvalue weighted by molar-refractivity contribution is 5.38. The molecule has 0 aliphatic rings. The van der Waals surface area contributed by atoms with Crippen LogP contribution in [0, 0.1) is 0 Å². The van der Waals surface area contributed by atoms with Crippen LogP contribution in [0.25, 0.3) is 0 Å². The highest BCUT2D eigenvalue weighted by Crippen LogP contribution is 2.26. The SMILES string of the molecule is COc1cccc(C(C)c2cc(N)n[nH]2)c1. The second kappa shape index (κ2) is 4.26. The standard InChI is InChI=1S/C12H15N3O/c1-8(11-7-12(13)15-14-11)9-4-3-5-10(6-9)16-2/h3-8H,1-2H3,(H3,13,14,15). The minimum Gasteiger partial charge on any atom is -0.497 e. The van der Waals surface area contributed by atoms with Crippen LogP contribution >= 0.6 is 0 Å². The number of hydrogen-bond donors (Lipinski definition) is 2. The summed E-state index contributed by atoms with van der Waals surface area (Å²) >= 11 is 0. The number of aromatic nitrogens is 2. The number of H-pyrrole nitrogens is 1. The predicted molar refractivity (Wildman–Crippen MR) is 63.5 cm³/mol. The second-order valence-electron chi connectivity index (χ2n) is 3.75. The highest BCUT2D eigenvalue weighted by Gasteiger charge is 2.11. The van der Waals surface area contributed by atoms with Gasteiger partial charge in [-0.2, -0.15) is 5.10 Å². The number of methoxy groups -OCH3 is 1. The van der Waals surface area contributed by atoms with Gasteiger partial charge in [0.1, 0.15) is 11.6 Å². The molecule has 1 aromatic carbocycles. The zero-order valence-corrected chi connectivity index (χ0v) is 9.40. The van der Waals surface area contributed by atoms with Crippen LogP contribution in [0.3, 0.4) is 0 Å². The van der Waals surface area contributed by atoms with E-state index in [0.717, 1.165) is 11.4 Å². The number of aromatic amines is 1. The zero-order chi connectivity index (χ0) is 11.5. The maximum atomic E-state index is 5.58. The van der Waals surface area contributed by atoms with Crippen LogP contribution in [0.1, 0.15) is 24.1 Å². The van der Waals surface area contributed by atoms with Crippen molar-refractivity contribution in [1.82, 2.24) is 10.2 Å². The molecule has 1 aromatic heterocycles. The van der Waals surface area contributed by atoms with Gasteiger partial charge in [-0.3, -0.25) is 5.10 Å². The summed E-state index contributed by atoms with van der Waals surface area (Å²) in [5.74, 6) is 1.60. The normalized spacial score (nSPS) is 12.4. The van der Waals surface area contributed by atoms with Crippen LogP contribution in [-0.4, -0.2) is 17.3 Å². The molecule has 1 atom stereocenters. The highest BCUT2D eigenvalue weighted by atomic mass is 16.5. The summed E-state index contributed by atoms with van der Waals surface area (Å²) in [6.07, 6.45) is 0. The molecule has 0 radical (unpaired) electrons. The Bertz CT molecular complexity index is 479. The molecule has 16 heavy (non-hydrogen) atoms. The van der Waals surface area contributed by atoms with Gasteiger partial charge in [-0.05, 0) is 17.7 Å². The second-order valence-corrected chi connectivity index (χ2v) is 3.75. The first-order chi connectivity index (χ1) is 7.70. The molecular weight excluding hydrogens is 202 g/mol. The minimum atomic E-state index is 0.222. The molecule has 0 aliphatic heterocycles. The van der Waals surface area contributed by atoms with Gasteiger partial charge < -0.3 is 10.5 Å². The molecule has 0 saturated heterocycles. The molecule has 2 rings (SSSR count). The topological polar surface area (TPSA) is 63.9 Å². The molecule has 0 spiro atoms. The molecule has 1 unspecified atom stereocenters. The lowest BCUT2D eigenvalue weighted by molar-refractivity contribution is 0.414. The monoisotopic (exact) mass is 217 g/mol. The molecule has 84 valence electrons. The summed E-state index contributed by atoms with van der Waals surface area (Å²) in [6, 6.07) is 9.83. The Balaban J connectivity index is 2.29. The molecule has 1 heterocycles. The van der Waals surface area contributed by atoms with Crippen molar-refractivity contribution in [2.75, 3.05) is 12.8 Å². The van der Waals surface area contributed by atoms with E-state index in [-0.39, 0.29) is 5.92 Å². The Labute approximate surface area is 94.4 Å². The first kappa shape index (κ1) is 10.5. The van der Waals surface area contributed by atoms with E-state index in [1.807, 2.05) is 24.3 Å². The van der Waals surface area contributed by atoms with Gasteiger partial charge in [0, 0.05) is 17.7 Å². The largest absolute Gasteiger partial charge is 0.497 e.